The first-order valence-corrected chi connectivity index (χ1v) is 8.65. The summed E-state index contributed by atoms with van der Waals surface area (Å²) < 4.78 is 33.1. The molecule has 5 nitrogen and oxygen atoms in total. The number of aryl methyl sites for hydroxylation is 1. The molecule has 2 aromatic carbocycles. The third-order valence-corrected chi connectivity index (χ3v) is 4.71. The molecular formula is C21H19F2NO4. The standard InChI is InChI=1S/C21H19F2NO4/c1-12-11-13(7-8-15(12)22)19(25)17-18(14-5-3-4-6-16(14)23)24(9-10-28-2)21(27)20(17)26/h3-8,11,18,25H,9-10H2,1-2H3/b19-17+. The molecule has 1 N–H and O–H groups in total. The van der Waals surface area contributed by atoms with Gasteiger partial charge in [0.1, 0.15) is 17.4 Å². The van der Waals surface area contributed by atoms with E-state index in [0.717, 1.165) is 6.07 Å². The lowest BCUT2D eigenvalue weighted by molar-refractivity contribution is -0.140. The summed E-state index contributed by atoms with van der Waals surface area (Å²) in [5, 5.41) is 10.8. The molecule has 0 radical (unpaired) electrons. The van der Waals surface area contributed by atoms with Crippen molar-refractivity contribution in [3.63, 3.8) is 0 Å². The van der Waals surface area contributed by atoms with Crippen LogP contribution < -0.4 is 0 Å². The van der Waals surface area contributed by atoms with Gasteiger partial charge >= 0.3 is 0 Å². The van der Waals surface area contributed by atoms with Gasteiger partial charge in [-0.15, -0.1) is 0 Å². The van der Waals surface area contributed by atoms with E-state index in [1.54, 1.807) is 6.07 Å². The van der Waals surface area contributed by atoms with Crippen LogP contribution in [0.2, 0.25) is 0 Å². The number of methoxy groups -OCH3 is 1. The van der Waals surface area contributed by atoms with E-state index in [0.29, 0.717) is 0 Å². The Bertz CT molecular complexity index is 971. The molecule has 1 atom stereocenters. The monoisotopic (exact) mass is 387 g/mol. The molecule has 1 aliphatic heterocycles. The Hall–Kier alpha value is -3.06. The molecule has 146 valence electrons. The fraction of sp³-hybridized carbons (Fsp3) is 0.238. The second kappa shape index (κ2) is 7.90. The molecule has 1 unspecified atom stereocenters. The van der Waals surface area contributed by atoms with Crippen molar-refractivity contribution in [2.75, 3.05) is 20.3 Å². The number of hydrogen-bond acceptors (Lipinski definition) is 4. The number of ketones is 1. The zero-order valence-corrected chi connectivity index (χ0v) is 15.4. The first-order chi connectivity index (χ1) is 13.4. The third-order valence-electron chi connectivity index (χ3n) is 4.71. The summed E-state index contributed by atoms with van der Waals surface area (Å²) in [5.74, 6) is -3.34. The van der Waals surface area contributed by atoms with Crippen LogP contribution >= 0.6 is 0 Å². The molecule has 1 saturated heterocycles. The second-order valence-corrected chi connectivity index (χ2v) is 6.47. The normalized spacial score (nSPS) is 18.7. The molecule has 2 aromatic rings. The van der Waals surface area contributed by atoms with Crippen molar-refractivity contribution < 1.29 is 28.2 Å². The minimum absolute atomic E-state index is 0.0410. The van der Waals surface area contributed by atoms with E-state index in [9.17, 15) is 23.5 Å². The largest absolute Gasteiger partial charge is 0.507 e. The van der Waals surface area contributed by atoms with Crippen LogP contribution in [0.15, 0.2) is 48.0 Å². The van der Waals surface area contributed by atoms with Gasteiger partial charge in [-0.25, -0.2) is 8.78 Å². The van der Waals surface area contributed by atoms with Crippen LogP contribution in [0.5, 0.6) is 0 Å². The summed E-state index contributed by atoms with van der Waals surface area (Å²) in [4.78, 5) is 26.4. The lowest BCUT2D eigenvalue weighted by Gasteiger charge is -2.25. The molecule has 0 saturated carbocycles. The number of ether oxygens (including phenoxy) is 1. The number of hydrogen-bond donors (Lipinski definition) is 1. The van der Waals surface area contributed by atoms with Crippen molar-refractivity contribution >= 4 is 17.4 Å². The molecule has 28 heavy (non-hydrogen) atoms. The Morgan fingerprint density at radius 2 is 1.86 bits per heavy atom. The number of carbonyl (C=O) groups is 2. The number of nitrogens with zero attached hydrogens (tertiary/aromatic N) is 1. The van der Waals surface area contributed by atoms with Gasteiger partial charge in [0.2, 0.25) is 0 Å². The van der Waals surface area contributed by atoms with E-state index < -0.39 is 35.1 Å². The number of amides is 1. The SMILES string of the molecule is COCCN1C(=O)C(=O)/C(=C(/O)c2ccc(F)c(C)c2)C1c1ccccc1F. The van der Waals surface area contributed by atoms with Gasteiger partial charge in [0.05, 0.1) is 18.2 Å². The summed E-state index contributed by atoms with van der Waals surface area (Å²) in [6.45, 7) is 1.69. The van der Waals surface area contributed by atoms with E-state index in [2.05, 4.69) is 0 Å². The van der Waals surface area contributed by atoms with Gasteiger partial charge in [-0.1, -0.05) is 18.2 Å². The van der Waals surface area contributed by atoms with E-state index in [1.165, 1.54) is 49.3 Å². The maximum absolute atomic E-state index is 14.5. The smallest absolute Gasteiger partial charge is 0.295 e. The third kappa shape index (κ3) is 3.41. The van der Waals surface area contributed by atoms with Crippen LogP contribution in [0.1, 0.15) is 22.7 Å². The zero-order chi connectivity index (χ0) is 20.4. The van der Waals surface area contributed by atoms with Crippen LogP contribution in [-0.4, -0.2) is 42.0 Å². The van der Waals surface area contributed by atoms with Crippen molar-refractivity contribution in [2.24, 2.45) is 0 Å². The highest BCUT2D eigenvalue weighted by Crippen LogP contribution is 2.40. The summed E-state index contributed by atoms with van der Waals surface area (Å²) in [7, 11) is 1.44. The maximum atomic E-state index is 14.5. The van der Waals surface area contributed by atoms with Gasteiger partial charge in [0.15, 0.2) is 0 Å². The van der Waals surface area contributed by atoms with Crippen LogP contribution in [0.25, 0.3) is 5.76 Å². The lowest BCUT2D eigenvalue weighted by atomic mass is 9.94. The summed E-state index contributed by atoms with van der Waals surface area (Å²) in [6.07, 6.45) is 0. The average Bonchev–Trinajstić information content (AvgIpc) is 2.92. The summed E-state index contributed by atoms with van der Waals surface area (Å²) in [5.41, 5.74) is 0.278. The zero-order valence-electron chi connectivity index (χ0n) is 15.4. The highest BCUT2D eigenvalue weighted by Gasteiger charge is 2.46. The van der Waals surface area contributed by atoms with Gasteiger partial charge in [0.25, 0.3) is 11.7 Å². The Labute approximate surface area is 160 Å². The topological polar surface area (TPSA) is 66.8 Å². The molecule has 0 aromatic heterocycles. The maximum Gasteiger partial charge on any atom is 0.295 e. The minimum atomic E-state index is -1.11. The number of likely N-dealkylation sites (tertiary alicyclic amines) is 1. The molecule has 1 heterocycles. The molecule has 0 aliphatic carbocycles. The van der Waals surface area contributed by atoms with Crippen molar-refractivity contribution in [3.8, 4) is 0 Å². The second-order valence-electron chi connectivity index (χ2n) is 6.47. The molecule has 0 spiro atoms. The molecule has 0 bridgehead atoms. The van der Waals surface area contributed by atoms with Crippen molar-refractivity contribution in [2.45, 2.75) is 13.0 Å². The van der Waals surface area contributed by atoms with Gasteiger partial charge in [-0.3, -0.25) is 9.59 Å². The molecule has 1 amide bonds. The Kier molecular flexibility index (Phi) is 5.56. The fourth-order valence-electron chi connectivity index (χ4n) is 3.27. The van der Waals surface area contributed by atoms with Crippen LogP contribution in [0, 0.1) is 18.6 Å². The Balaban J connectivity index is 2.20. The Morgan fingerprint density at radius 3 is 2.50 bits per heavy atom. The summed E-state index contributed by atoms with van der Waals surface area (Å²) in [6, 6.07) is 8.46. The predicted molar refractivity (Wildman–Crippen MR) is 98.4 cm³/mol. The number of carbonyl (C=O) groups excluding carboxylic acids is 2. The van der Waals surface area contributed by atoms with Crippen LogP contribution in [-0.2, 0) is 14.3 Å². The number of halogens is 2. The van der Waals surface area contributed by atoms with Gasteiger partial charge in [-0.2, -0.15) is 0 Å². The van der Waals surface area contributed by atoms with Crippen molar-refractivity contribution in [1.82, 2.24) is 4.90 Å². The van der Waals surface area contributed by atoms with Gasteiger partial charge in [-0.05, 0) is 36.8 Å². The number of rotatable bonds is 5. The van der Waals surface area contributed by atoms with Crippen molar-refractivity contribution in [3.05, 3.63) is 76.4 Å². The van der Waals surface area contributed by atoms with Gasteiger partial charge in [0, 0.05) is 24.8 Å². The predicted octanol–water partition coefficient (Wildman–Crippen LogP) is 3.34. The molecule has 3 rings (SSSR count). The molecule has 1 aliphatic rings. The minimum Gasteiger partial charge on any atom is -0.507 e. The Morgan fingerprint density at radius 1 is 1.14 bits per heavy atom. The quantitative estimate of drug-likeness (QED) is 0.486. The van der Waals surface area contributed by atoms with E-state index in [1.807, 2.05) is 0 Å². The lowest BCUT2D eigenvalue weighted by Crippen LogP contribution is -2.33. The van der Waals surface area contributed by atoms with Crippen molar-refractivity contribution in [1.29, 1.82) is 0 Å². The van der Waals surface area contributed by atoms with E-state index in [-0.39, 0.29) is 35.4 Å². The fourth-order valence-corrected chi connectivity index (χ4v) is 3.27. The highest BCUT2D eigenvalue weighted by molar-refractivity contribution is 6.46. The molecule has 1 fully saturated rings. The first kappa shape index (κ1) is 19.7. The van der Waals surface area contributed by atoms with Crippen LogP contribution in [0.4, 0.5) is 8.78 Å². The van der Waals surface area contributed by atoms with E-state index in [4.69, 9.17) is 4.74 Å². The first-order valence-electron chi connectivity index (χ1n) is 8.65. The number of aliphatic hydroxyl groups excluding tert-OH is 1. The summed E-state index contributed by atoms with van der Waals surface area (Å²) >= 11 is 0. The highest BCUT2D eigenvalue weighted by atomic mass is 19.1. The molecule has 7 heteroatoms. The van der Waals surface area contributed by atoms with Gasteiger partial charge < -0.3 is 14.7 Å². The van der Waals surface area contributed by atoms with E-state index >= 15 is 0 Å². The molecular weight excluding hydrogens is 368 g/mol. The number of benzene rings is 2. The average molecular weight is 387 g/mol. The number of aliphatic hydroxyl groups is 1. The number of Topliss-reactive ketones (excluding diaryl/α,β-unsaturated/α-hetero) is 1. The van der Waals surface area contributed by atoms with Crippen LogP contribution in [0.3, 0.4) is 0 Å².